The number of carbonyl (C=O) groups excluding carboxylic acids is 1. The Kier molecular flexibility index (Phi) is 6.39. The van der Waals surface area contributed by atoms with Gasteiger partial charge in [0.1, 0.15) is 0 Å². The van der Waals surface area contributed by atoms with E-state index in [0.717, 1.165) is 35.3 Å². The number of amides is 1. The molecule has 1 aromatic rings. The molecule has 4 nitrogen and oxygen atoms in total. The molecule has 0 saturated heterocycles. The van der Waals surface area contributed by atoms with Gasteiger partial charge in [-0.15, -0.1) is 11.8 Å². The molecule has 0 heterocycles. The van der Waals surface area contributed by atoms with Crippen LogP contribution in [0.15, 0.2) is 28.7 Å². The van der Waals surface area contributed by atoms with Crippen molar-refractivity contribution >= 4 is 17.7 Å². The lowest BCUT2D eigenvalue weighted by Crippen LogP contribution is -2.28. The van der Waals surface area contributed by atoms with Crippen molar-refractivity contribution in [3.8, 4) is 11.5 Å². The standard InChI is InChI=1S/C18H25NO3S/c1-19(18(20)13-8-6-5-7-9-13)12-14-10-15(21-2)16(22-3)11-17(14)23-4/h8,10-11H,5-7,9,12H2,1-4H3. The second-order valence-electron chi connectivity index (χ2n) is 5.66. The SMILES string of the molecule is COc1cc(CN(C)C(=O)C2=CCCCC2)c(SC)cc1OC. The topological polar surface area (TPSA) is 38.8 Å². The monoisotopic (exact) mass is 335 g/mol. The summed E-state index contributed by atoms with van der Waals surface area (Å²) in [6.45, 7) is 0.562. The summed E-state index contributed by atoms with van der Waals surface area (Å²) in [5.41, 5.74) is 2.02. The Balaban J connectivity index is 2.20. The molecule has 1 aliphatic carbocycles. The van der Waals surface area contributed by atoms with Gasteiger partial charge >= 0.3 is 0 Å². The third kappa shape index (κ3) is 4.22. The number of benzene rings is 1. The number of thioether (sulfide) groups is 1. The Labute approximate surface area is 142 Å². The second kappa shape index (κ2) is 8.29. The number of methoxy groups -OCH3 is 2. The van der Waals surface area contributed by atoms with Crippen LogP contribution in [0.5, 0.6) is 11.5 Å². The van der Waals surface area contributed by atoms with Crippen molar-refractivity contribution < 1.29 is 14.3 Å². The second-order valence-corrected chi connectivity index (χ2v) is 6.50. The normalized spacial score (nSPS) is 14.2. The average Bonchev–Trinajstić information content (AvgIpc) is 2.61. The van der Waals surface area contributed by atoms with Crippen LogP contribution in [0.4, 0.5) is 0 Å². The highest BCUT2D eigenvalue weighted by Gasteiger charge is 2.19. The van der Waals surface area contributed by atoms with Gasteiger partial charge < -0.3 is 14.4 Å². The predicted molar refractivity (Wildman–Crippen MR) is 94.4 cm³/mol. The van der Waals surface area contributed by atoms with E-state index < -0.39 is 0 Å². The van der Waals surface area contributed by atoms with E-state index in [4.69, 9.17) is 9.47 Å². The summed E-state index contributed by atoms with van der Waals surface area (Å²) in [5, 5.41) is 0. The molecule has 1 amide bonds. The molecule has 0 N–H and O–H groups in total. The Morgan fingerprint density at radius 2 is 1.91 bits per heavy atom. The van der Waals surface area contributed by atoms with Gasteiger partial charge in [-0.1, -0.05) is 6.08 Å². The minimum atomic E-state index is 0.131. The van der Waals surface area contributed by atoms with E-state index in [-0.39, 0.29) is 5.91 Å². The molecule has 23 heavy (non-hydrogen) atoms. The van der Waals surface area contributed by atoms with Crippen LogP contribution in [0.1, 0.15) is 31.2 Å². The van der Waals surface area contributed by atoms with Gasteiger partial charge in [0.15, 0.2) is 11.5 Å². The first kappa shape index (κ1) is 17.7. The van der Waals surface area contributed by atoms with E-state index in [0.29, 0.717) is 18.0 Å². The zero-order valence-electron chi connectivity index (χ0n) is 14.3. The van der Waals surface area contributed by atoms with Crippen LogP contribution in [0.2, 0.25) is 0 Å². The molecule has 0 aromatic heterocycles. The fourth-order valence-corrected chi connectivity index (χ4v) is 3.43. The number of likely N-dealkylation sites (N-methyl/N-ethyl adjacent to an activating group) is 1. The molecule has 0 bridgehead atoms. The number of hydrogen-bond donors (Lipinski definition) is 0. The average molecular weight is 335 g/mol. The maximum absolute atomic E-state index is 12.6. The Morgan fingerprint density at radius 3 is 2.48 bits per heavy atom. The van der Waals surface area contributed by atoms with Crippen molar-refractivity contribution in [2.45, 2.75) is 37.1 Å². The quantitative estimate of drug-likeness (QED) is 0.740. The molecule has 0 aliphatic heterocycles. The number of ether oxygens (including phenoxy) is 2. The third-order valence-corrected chi connectivity index (χ3v) is 4.93. The Morgan fingerprint density at radius 1 is 1.22 bits per heavy atom. The van der Waals surface area contributed by atoms with Crippen LogP contribution in [-0.2, 0) is 11.3 Å². The summed E-state index contributed by atoms with van der Waals surface area (Å²) >= 11 is 1.65. The van der Waals surface area contributed by atoms with Crippen LogP contribution in [0.25, 0.3) is 0 Å². The van der Waals surface area contributed by atoms with Crippen LogP contribution in [0, 0.1) is 0 Å². The summed E-state index contributed by atoms with van der Waals surface area (Å²) in [6, 6.07) is 3.93. The van der Waals surface area contributed by atoms with Crippen LogP contribution in [-0.4, -0.2) is 38.3 Å². The molecular weight excluding hydrogens is 310 g/mol. The third-order valence-electron chi connectivity index (χ3n) is 4.11. The maximum atomic E-state index is 12.6. The lowest BCUT2D eigenvalue weighted by molar-refractivity contribution is -0.126. The van der Waals surface area contributed by atoms with Crippen molar-refractivity contribution in [2.75, 3.05) is 27.5 Å². The number of hydrogen-bond acceptors (Lipinski definition) is 4. The molecule has 0 spiro atoms. The first-order valence-electron chi connectivity index (χ1n) is 7.84. The molecule has 1 aromatic carbocycles. The van der Waals surface area contributed by atoms with Gasteiger partial charge in [-0.2, -0.15) is 0 Å². The highest BCUT2D eigenvalue weighted by Crippen LogP contribution is 2.35. The van der Waals surface area contributed by atoms with Crippen LogP contribution in [0.3, 0.4) is 0 Å². The maximum Gasteiger partial charge on any atom is 0.249 e. The first-order chi connectivity index (χ1) is 11.1. The van der Waals surface area contributed by atoms with Gasteiger partial charge in [0.05, 0.1) is 14.2 Å². The summed E-state index contributed by atoms with van der Waals surface area (Å²) < 4.78 is 10.7. The number of carbonyl (C=O) groups is 1. The van der Waals surface area contributed by atoms with Crippen LogP contribution < -0.4 is 9.47 Å². The lowest BCUT2D eigenvalue weighted by atomic mass is 9.98. The van der Waals surface area contributed by atoms with Gasteiger partial charge in [-0.3, -0.25) is 4.79 Å². The lowest BCUT2D eigenvalue weighted by Gasteiger charge is -2.22. The molecule has 126 valence electrons. The predicted octanol–water partition coefficient (Wildman–Crippen LogP) is 3.88. The smallest absolute Gasteiger partial charge is 0.249 e. The molecule has 0 saturated carbocycles. The van der Waals surface area contributed by atoms with E-state index in [9.17, 15) is 4.79 Å². The van der Waals surface area contributed by atoms with E-state index >= 15 is 0 Å². The summed E-state index contributed by atoms with van der Waals surface area (Å²) in [6.07, 6.45) is 8.32. The number of allylic oxidation sites excluding steroid dienone is 1. The minimum absolute atomic E-state index is 0.131. The molecule has 5 heteroatoms. The molecule has 0 unspecified atom stereocenters. The summed E-state index contributed by atoms with van der Waals surface area (Å²) in [5.74, 6) is 1.54. The molecule has 0 atom stereocenters. The fraction of sp³-hybridized carbons (Fsp3) is 0.500. The van der Waals surface area contributed by atoms with Gasteiger partial charge in [0.2, 0.25) is 5.91 Å². The van der Waals surface area contributed by atoms with Crippen LogP contribution >= 0.6 is 11.8 Å². The van der Waals surface area contributed by atoms with Crippen molar-refractivity contribution in [1.82, 2.24) is 4.90 Å². The fourth-order valence-electron chi connectivity index (χ4n) is 2.82. The Hall–Kier alpha value is -1.62. The summed E-state index contributed by atoms with van der Waals surface area (Å²) in [4.78, 5) is 15.5. The molecule has 0 radical (unpaired) electrons. The van der Waals surface area contributed by atoms with Crippen molar-refractivity contribution in [3.05, 3.63) is 29.3 Å². The zero-order valence-corrected chi connectivity index (χ0v) is 15.2. The van der Waals surface area contributed by atoms with Gasteiger partial charge in [-0.05, 0) is 49.6 Å². The Bertz CT molecular complexity index is 598. The van der Waals surface area contributed by atoms with Crippen molar-refractivity contribution in [2.24, 2.45) is 0 Å². The van der Waals surface area contributed by atoms with E-state index in [1.165, 1.54) is 6.42 Å². The highest BCUT2D eigenvalue weighted by atomic mass is 32.2. The molecule has 2 rings (SSSR count). The molecular formula is C18H25NO3S. The van der Waals surface area contributed by atoms with Gasteiger partial charge in [0, 0.05) is 24.1 Å². The van der Waals surface area contributed by atoms with Gasteiger partial charge in [-0.25, -0.2) is 0 Å². The van der Waals surface area contributed by atoms with Gasteiger partial charge in [0.25, 0.3) is 0 Å². The van der Waals surface area contributed by atoms with Crippen molar-refractivity contribution in [1.29, 1.82) is 0 Å². The van der Waals surface area contributed by atoms with E-state index in [1.54, 1.807) is 30.9 Å². The largest absolute Gasteiger partial charge is 0.493 e. The molecule has 1 aliphatic rings. The van der Waals surface area contributed by atoms with E-state index in [2.05, 4.69) is 6.08 Å². The summed E-state index contributed by atoms with van der Waals surface area (Å²) in [7, 11) is 5.12. The zero-order chi connectivity index (χ0) is 16.8. The number of nitrogens with zero attached hydrogens (tertiary/aromatic N) is 1. The molecule has 0 fully saturated rings. The van der Waals surface area contributed by atoms with Crippen molar-refractivity contribution in [3.63, 3.8) is 0 Å². The number of rotatable bonds is 6. The highest BCUT2D eigenvalue weighted by molar-refractivity contribution is 7.98. The minimum Gasteiger partial charge on any atom is -0.493 e. The first-order valence-corrected chi connectivity index (χ1v) is 9.06. The van der Waals surface area contributed by atoms with E-state index in [1.807, 2.05) is 25.4 Å².